The first-order valence-corrected chi connectivity index (χ1v) is 5.53. The molecule has 18 heavy (non-hydrogen) atoms. The van der Waals surface area contributed by atoms with Crippen LogP contribution < -0.4 is 0 Å². The Kier molecular flexibility index (Phi) is 2.20. The van der Waals surface area contributed by atoms with Crippen molar-refractivity contribution >= 4 is 27.5 Å². The lowest BCUT2D eigenvalue weighted by Gasteiger charge is -2.04. The lowest BCUT2D eigenvalue weighted by atomic mass is 10.0. The minimum Gasteiger partial charge on any atom is -0.508 e. The van der Waals surface area contributed by atoms with Crippen LogP contribution in [0.1, 0.15) is 10.4 Å². The molecular weight excluding hydrogens is 228 g/mol. The third kappa shape index (κ3) is 1.66. The molecule has 3 aromatic rings. The number of benzene rings is 3. The fraction of sp³-hybridized carbons (Fsp3) is 0. The maximum atomic E-state index is 10.9. The van der Waals surface area contributed by atoms with Crippen LogP contribution in [-0.4, -0.2) is 16.2 Å². The van der Waals surface area contributed by atoms with Gasteiger partial charge in [-0.3, -0.25) is 0 Å². The van der Waals surface area contributed by atoms with E-state index >= 15 is 0 Å². The monoisotopic (exact) mass is 238 g/mol. The lowest BCUT2D eigenvalue weighted by Crippen LogP contribution is -1.95. The summed E-state index contributed by atoms with van der Waals surface area (Å²) in [5.41, 5.74) is 0.278. The summed E-state index contributed by atoms with van der Waals surface area (Å²) in [6.07, 6.45) is 0. The zero-order valence-corrected chi connectivity index (χ0v) is 9.42. The first-order chi connectivity index (χ1) is 8.63. The number of phenolic OH excluding ortho intramolecular Hbond substituents is 1. The van der Waals surface area contributed by atoms with Gasteiger partial charge in [-0.15, -0.1) is 0 Å². The first kappa shape index (κ1) is 10.6. The van der Waals surface area contributed by atoms with E-state index in [0.29, 0.717) is 0 Å². The van der Waals surface area contributed by atoms with Gasteiger partial charge in [0.1, 0.15) is 5.75 Å². The van der Waals surface area contributed by atoms with Gasteiger partial charge in [0.25, 0.3) is 0 Å². The van der Waals surface area contributed by atoms with Gasteiger partial charge >= 0.3 is 5.97 Å². The van der Waals surface area contributed by atoms with Crippen molar-refractivity contribution in [3.05, 3.63) is 54.1 Å². The van der Waals surface area contributed by atoms with E-state index in [4.69, 9.17) is 5.11 Å². The fourth-order valence-electron chi connectivity index (χ4n) is 2.12. The van der Waals surface area contributed by atoms with Crippen LogP contribution in [0, 0.1) is 0 Å². The highest BCUT2D eigenvalue weighted by Crippen LogP contribution is 2.26. The molecule has 3 nitrogen and oxygen atoms in total. The Balaban J connectivity index is 2.34. The van der Waals surface area contributed by atoms with Crippen molar-refractivity contribution in [2.45, 2.75) is 0 Å². The molecule has 0 spiro atoms. The SMILES string of the molecule is O=C(O)c1ccc2cc3cc(O)ccc3cc2c1. The van der Waals surface area contributed by atoms with Crippen LogP contribution >= 0.6 is 0 Å². The molecule has 0 heterocycles. The Bertz CT molecular complexity index is 775. The van der Waals surface area contributed by atoms with Crippen LogP contribution in [0.2, 0.25) is 0 Å². The van der Waals surface area contributed by atoms with E-state index in [1.165, 1.54) is 0 Å². The molecule has 0 atom stereocenters. The number of rotatable bonds is 1. The minimum absolute atomic E-state index is 0.226. The smallest absolute Gasteiger partial charge is 0.335 e. The van der Waals surface area contributed by atoms with Crippen LogP contribution in [0.15, 0.2) is 48.5 Å². The molecule has 0 saturated heterocycles. The number of hydrogen-bond donors (Lipinski definition) is 2. The van der Waals surface area contributed by atoms with E-state index in [2.05, 4.69) is 0 Å². The first-order valence-electron chi connectivity index (χ1n) is 5.53. The van der Waals surface area contributed by atoms with Gasteiger partial charge in [-0.05, 0) is 57.9 Å². The highest BCUT2D eigenvalue weighted by atomic mass is 16.4. The maximum absolute atomic E-state index is 10.9. The number of carbonyl (C=O) groups is 1. The molecule has 88 valence electrons. The normalized spacial score (nSPS) is 10.9. The number of fused-ring (bicyclic) bond motifs is 2. The van der Waals surface area contributed by atoms with Gasteiger partial charge < -0.3 is 10.2 Å². The van der Waals surface area contributed by atoms with E-state index in [9.17, 15) is 9.90 Å². The largest absolute Gasteiger partial charge is 0.508 e. The predicted octanol–water partition coefficient (Wildman–Crippen LogP) is 3.40. The average Bonchev–Trinajstić information content (AvgIpc) is 2.35. The van der Waals surface area contributed by atoms with Crippen molar-refractivity contribution in [1.82, 2.24) is 0 Å². The quantitative estimate of drug-likeness (QED) is 0.639. The van der Waals surface area contributed by atoms with E-state index in [0.717, 1.165) is 21.5 Å². The molecule has 3 rings (SSSR count). The molecule has 0 saturated carbocycles. The number of hydrogen-bond acceptors (Lipinski definition) is 2. The molecule has 0 aliphatic rings. The Morgan fingerprint density at radius 2 is 1.39 bits per heavy atom. The van der Waals surface area contributed by atoms with Gasteiger partial charge in [-0.2, -0.15) is 0 Å². The number of phenols is 1. The second-order valence-corrected chi connectivity index (χ2v) is 4.25. The third-order valence-electron chi connectivity index (χ3n) is 3.03. The number of carboxylic acids is 1. The van der Waals surface area contributed by atoms with Crippen molar-refractivity contribution < 1.29 is 15.0 Å². The Labute approximate surface area is 103 Å². The van der Waals surface area contributed by atoms with Crippen LogP contribution in [-0.2, 0) is 0 Å². The van der Waals surface area contributed by atoms with Crippen LogP contribution in [0.25, 0.3) is 21.5 Å². The maximum Gasteiger partial charge on any atom is 0.335 e. The zero-order chi connectivity index (χ0) is 12.7. The molecule has 2 N–H and O–H groups in total. The summed E-state index contributed by atoms with van der Waals surface area (Å²) in [6.45, 7) is 0. The van der Waals surface area contributed by atoms with Crippen LogP contribution in [0.3, 0.4) is 0 Å². The van der Waals surface area contributed by atoms with Gasteiger partial charge in [0, 0.05) is 0 Å². The molecular formula is C15H10O3. The van der Waals surface area contributed by atoms with E-state index in [1.807, 2.05) is 18.2 Å². The molecule has 0 unspecified atom stereocenters. The molecule has 0 aliphatic heterocycles. The summed E-state index contributed by atoms with van der Waals surface area (Å²) in [5.74, 6) is -0.702. The van der Waals surface area contributed by atoms with Crippen molar-refractivity contribution in [2.24, 2.45) is 0 Å². The second-order valence-electron chi connectivity index (χ2n) is 4.25. The number of carboxylic acid groups (broad SMARTS) is 1. The van der Waals surface area contributed by atoms with Crippen LogP contribution in [0.4, 0.5) is 0 Å². The lowest BCUT2D eigenvalue weighted by molar-refractivity contribution is 0.0697. The van der Waals surface area contributed by atoms with Gasteiger partial charge in [0.2, 0.25) is 0 Å². The average molecular weight is 238 g/mol. The molecule has 0 fully saturated rings. The molecule has 0 aliphatic carbocycles. The predicted molar refractivity (Wildman–Crippen MR) is 70.1 cm³/mol. The molecule has 0 aromatic heterocycles. The summed E-state index contributed by atoms with van der Waals surface area (Å²) >= 11 is 0. The van der Waals surface area contributed by atoms with Crippen molar-refractivity contribution in [3.8, 4) is 5.75 Å². The van der Waals surface area contributed by atoms with Gasteiger partial charge in [-0.25, -0.2) is 4.79 Å². The summed E-state index contributed by atoms with van der Waals surface area (Å²) in [4.78, 5) is 10.9. The summed E-state index contributed by atoms with van der Waals surface area (Å²) in [7, 11) is 0. The number of aromatic carboxylic acids is 1. The van der Waals surface area contributed by atoms with Crippen molar-refractivity contribution in [2.75, 3.05) is 0 Å². The fourth-order valence-corrected chi connectivity index (χ4v) is 2.12. The van der Waals surface area contributed by atoms with Gasteiger partial charge in [0.05, 0.1) is 5.56 Å². The van der Waals surface area contributed by atoms with Gasteiger partial charge in [0.15, 0.2) is 0 Å². The summed E-state index contributed by atoms with van der Waals surface area (Å²) in [5, 5.41) is 22.2. The molecule has 0 amide bonds. The third-order valence-corrected chi connectivity index (χ3v) is 3.03. The molecule has 0 radical (unpaired) electrons. The minimum atomic E-state index is -0.928. The highest BCUT2D eigenvalue weighted by molar-refractivity contribution is 6.01. The Morgan fingerprint density at radius 1 is 0.778 bits per heavy atom. The van der Waals surface area contributed by atoms with Gasteiger partial charge in [-0.1, -0.05) is 12.1 Å². The van der Waals surface area contributed by atoms with Crippen molar-refractivity contribution in [1.29, 1.82) is 0 Å². The molecule has 3 heteroatoms. The summed E-state index contributed by atoms with van der Waals surface area (Å²) in [6, 6.07) is 14.0. The van der Waals surface area contributed by atoms with Crippen molar-refractivity contribution in [3.63, 3.8) is 0 Å². The van der Waals surface area contributed by atoms with E-state index in [-0.39, 0.29) is 11.3 Å². The zero-order valence-electron chi connectivity index (χ0n) is 9.42. The Morgan fingerprint density at radius 3 is 2.06 bits per heavy atom. The number of aromatic hydroxyl groups is 1. The topological polar surface area (TPSA) is 57.5 Å². The standard InChI is InChI=1S/C15H10O3/c16-14-4-3-10-5-12-7-11(15(17)18)2-1-9(12)6-13(10)8-14/h1-8,16H,(H,17,18). The van der Waals surface area contributed by atoms with Crippen LogP contribution in [0.5, 0.6) is 5.75 Å². The Hall–Kier alpha value is -2.55. The molecule has 3 aromatic carbocycles. The van der Waals surface area contributed by atoms with E-state index in [1.54, 1.807) is 30.3 Å². The highest BCUT2D eigenvalue weighted by Gasteiger charge is 2.05. The van der Waals surface area contributed by atoms with E-state index < -0.39 is 5.97 Å². The summed E-state index contributed by atoms with van der Waals surface area (Å²) < 4.78 is 0. The molecule has 0 bridgehead atoms. The second kappa shape index (κ2) is 3.74.